The predicted molar refractivity (Wildman–Crippen MR) is 131 cm³/mol. The summed E-state index contributed by atoms with van der Waals surface area (Å²) in [7, 11) is 0. The Morgan fingerprint density at radius 2 is 1.81 bits per heavy atom. The van der Waals surface area contributed by atoms with Gasteiger partial charge in [0.25, 0.3) is 0 Å². The number of rotatable bonds is 9. The van der Waals surface area contributed by atoms with Crippen LogP contribution >= 0.6 is 0 Å². The summed E-state index contributed by atoms with van der Waals surface area (Å²) in [5, 5.41) is 17.0. The lowest BCUT2D eigenvalue weighted by Crippen LogP contribution is -2.29. The number of aliphatic hydroxyl groups excluding tert-OH is 1. The smallest absolute Gasteiger partial charge is 0.224 e. The fourth-order valence-electron chi connectivity index (χ4n) is 5.14. The molecule has 2 saturated carbocycles. The maximum Gasteiger partial charge on any atom is 0.224 e. The molecule has 1 atom stereocenters. The summed E-state index contributed by atoms with van der Waals surface area (Å²) in [6, 6.07) is 4.98. The zero-order valence-electron chi connectivity index (χ0n) is 19.7. The minimum atomic E-state index is -0.167. The SMILES string of the molecule is CCC[C@H](C)Nc1ncc(-c2ccc(CC3CCCC3)cn2)c(N[C@H]2CC[C@H](O)CC2)n1. The molecule has 0 aromatic carbocycles. The van der Waals surface area contributed by atoms with Crippen molar-refractivity contribution in [3.8, 4) is 11.3 Å². The van der Waals surface area contributed by atoms with Gasteiger partial charge in [-0.15, -0.1) is 0 Å². The average molecular weight is 438 g/mol. The summed E-state index contributed by atoms with van der Waals surface area (Å²) in [6.07, 6.45) is 16.1. The van der Waals surface area contributed by atoms with Crippen LogP contribution in [0.15, 0.2) is 24.5 Å². The van der Waals surface area contributed by atoms with E-state index in [2.05, 4.69) is 41.6 Å². The largest absolute Gasteiger partial charge is 0.393 e. The number of hydrogen-bond donors (Lipinski definition) is 3. The Hall–Kier alpha value is -2.21. The summed E-state index contributed by atoms with van der Waals surface area (Å²) in [4.78, 5) is 14.3. The van der Waals surface area contributed by atoms with Gasteiger partial charge >= 0.3 is 0 Å². The summed E-state index contributed by atoms with van der Waals surface area (Å²) in [5.74, 6) is 2.31. The molecule has 174 valence electrons. The molecule has 2 aliphatic carbocycles. The third-order valence-electron chi connectivity index (χ3n) is 7.02. The average Bonchev–Trinajstić information content (AvgIpc) is 3.30. The highest BCUT2D eigenvalue weighted by Gasteiger charge is 2.22. The first-order valence-electron chi connectivity index (χ1n) is 12.6. The van der Waals surface area contributed by atoms with Crippen LogP contribution in [0.25, 0.3) is 11.3 Å². The summed E-state index contributed by atoms with van der Waals surface area (Å²) >= 11 is 0. The quantitative estimate of drug-likeness (QED) is 0.474. The Morgan fingerprint density at radius 3 is 2.50 bits per heavy atom. The van der Waals surface area contributed by atoms with E-state index in [-0.39, 0.29) is 6.10 Å². The Labute approximate surface area is 192 Å². The standard InChI is InChI=1S/C26H39N5O/c1-3-6-18(2)29-26-28-17-23(25(31-26)30-21-10-12-22(32)13-11-21)24-14-9-20(16-27-24)15-19-7-4-5-8-19/h9,14,16-19,21-22,32H,3-8,10-13,15H2,1-2H3,(H2,28,29,30,31)/t18-,21-,22-/m0/s1. The third-order valence-corrected chi connectivity index (χ3v) is 7.02. The van der Waals surface area contributed by atoms with Crippen molar-refractivity contribution in [2.24, 2.45) is 5.92 Å². The molecule has 6 heteroatoms. The summed E-state index contributed by atoms with van der Waals surface area (Å²) in [6.45, 7) is 4.36. The number of aromatic nitrogens is 3. The molecule has 0 bridgehead atoms. The molecule has 0 spiro atoms. The van der Waals surface area contributed by atoms with Crippen LogP contribution < -0.4 is 10.6 Å². The number of nitrogens with zero attached hydrogens (tertiary/aromatic N) is 3. The van der Waals surface area contributed by atoms with Crippen LogP contribution in [0.2, 0.25) is 0 Å². The van der Waals surface area contributed by atoms with Crippen LogP contribution in [0.4, 0.5) is 11.8 Å². The van der Waals surface area contributed by atoms with E-state index >= 15 is 0 Å². The molecule has 0 aliphatic heterocycles. The zero-order chi connectivity index (χ0) is 22.3. The minimum Gasteiger partial charge on any atom is -0.393 e. The molecule has 6 nitrogen and oxygen atoms in total. The second kappa shape index (κ2) is 11.1. The Bertz CT molecular complexity index is 842. The Balaban J connectivity index is 1.53. The van der Waals surface area contributed by atoms with Crippen molar-refractivity contribution in [2.75, 3.05) is 10.6 Å². The normalized spacial score (nSPS) is 22.6. The van der Waals surface area contributed by atoms with E-state index < -0.39 is 0 Å². The van der Waals surface area contributed by atoms with Gasteiger partial charge in [-0.05, 0) is 63.0 Å². The number of aliphatic hydroxyl groups is 1. The van der Waals surface area contributed by atoms with Crippen molar-refractivity contribution in [2.45, 2.75) is 103 Å². The highest BCUT2D eigenvalue weighted by molar-refractivity contribution is 5.73. The van der Waals surface area contributed by atoms with Gasteiger partial charge in [0.1, 0.15) is 5.82 Å². The van der Waals surface area contributed by atoms with E-state index in [4.69, 9.17) is 9.97 Å². The fraction of sp³-hybridized carbons (Fsp3) is 0.654. The molecule has 2 heterocycles. The molecule has 0 saturated heterocycles. The van der Waals surface area contributed by atoms with Gasteiger partial charge in [-0.1, -0.05) is 45.1 Å². The van der Waals surface area contributed by atoms with Gasteiger partial charge in [-0.2, -0.15) is 4.98 Å². The molecule has 0 amide bonds. The van der Waals surface area contributed by atoms with Crippen molar-refractivity contribution in [1.29, 1.82) is 0 Å². The van der Waals surface area contributed by atoms with Crippen LogP contribution in [-0.4, -0.2) is 38.2 Å². The molecule has 2 aliphatic rings. The van der Waals surface area contributed by atoms with E-state index in [1.807, 2.05) is 12.4 Å². The van der Waals surface area contributed by atoms with E-state index in [1.165, 1.54) is 31.2 Å². The first-order chi connectivity index (χ1) is 15.6. The van der Waals surface area contributed by atoms with Crippen LogP contribution in [-0.2, 0) is 6.42 Å². The van der Waals surface area contributed by atoms with E-state index in [0.717, 1.165) is 67.9 Å². The van der Waals surface area contributed by atoms with Crippen LogP contribution in [0.3, 0.4) is 0 Å². The van der Waals surface area contributed by atoms with Crippen molar-refractivity contribution in [3.63, 3.8) is 0 Å². The highest BCUT2D eigenvalue weighted by atomic mass is 16.3. The molecular formula is C26H39N5O. The van der Waals surface area contributed by atoms with Gasteiger partial charge in [-0.3, -0.25) is 4.98 Å². The second-order valence-electron chi connectivity index (χ2n) is 9.85. The molecule has 2 aromatic heterocycles. The lowest BCUT2D eigenvalue weighted by atomic mass is 9.93. The lowest BCUT2D eigenvalue weighted by Gasteiger charge is -2.27. The van der Waals surface area contributed by atoms with E-state index in [1.54, 1.807) is 0 Å². The maximum atomic E-state index is 9.87. The fourth-order valence-corrected chi connectivity index (χ4v) is 5.14. The molecule has 2 fully saturated rings. The number of anilines is 2. The zero-order valence-corrected chi connectivity index (χ0v) is 19.7. The van der Waals surface area contributed by atoms with Gasteiger partial charge in [-0.25, -0.2) is 4.98 Å². The van der Waals surface area contributed by atoms with E-state index in [0.29, 0.717) is 18.0 Å². The highest BCUT2D eigenvalue weighted by Crippen LogP contribution is 2.31. The molecule has 2 aromatic rings. The predicted octanol–water partition coefficient (Wildman–Crippen LogP) is 5.59. The molecule has 32 heavy (non-hydrogen) atoms. The number of nitrogens with one attached hydrogen (secondary N) is 2. The molecule has 3 N–H and O–H groups in total. The van der Waals surface area contributed by atoms with Crippen molar-refractivity contribution in [1.82, 2.24) is 15.0 Å². The number of hydrogen-bond acceptors (Lipinski definition) is 6. The first kappa shape index (κ1) is 23.0. The van der Waals surface area contributed by atoms with Gasteiger partial charge in [0.2, 0.25) is 5.95 Å². The summed E-state index contributed by atoms with van der Waals surface area (Å²) < 4.78 is 0. The Morgan fingerprint density at radius 1 is 1.03 bits per heavy atom. The first-order valence-corrected chi connectivity index (χ1v) is 12.6. The van der Waals surface area contributed by atoms with Gasteiger partial charge in [0, 0.05) is 24.5 Å². The van der Waals surface area contributed by atoms with Crippen LogP contribution in [0.5, 0.6) is 0 Å². The lowest BCUT2D eigenvalue weighted by molar-refractivity contribution is 0.126. The minimum absolute atomic E-state index is 0.167. The monoisotopic (exact) mass is 437 g/mol. The van der Waals surface area contributed by atoms with Crippen molar-refractivity contribution in [3.05, 3.63) is 30.1 Å². The molecule has 0 unspecified atom stereocenters. The van der Waals surface area contributed by atoms with Crippen LogP contribution in [0, 0.1) is 5.92 Å². The topological polar surface area (TPSA) is 83.0 Å². The van der Waals surface area contributed by atoms with Crippen molar-refractivity contribution >= 4 is 11.8 Å². The summed E-state index contributed by atoms with van der Waals surface area (Å²) in [5.41, 5.74) is 3.17. The van der Waals surface area contributed by atoms with Gasteiger partial charge in [0.15, 0.2) is 0 Å². The number of pyridine rings is 1. The van der Waals surface area contributed by atoms with Gasteiger partial charge in [0.05, 0.1) is 17.4 Å². The Kier molecular flexibility index (Phi) is 7.95. The maximum absolute atomic E-state index is 9.87. The van der Waals surface area contributed by atoms with Crippen molar-refractivity contribution < 1.29 is 5.11 Å². The second-order valence-corrected chi connectivity index (χ2v) is 9.85. The van der Waals surface area contributed by atoms with E-state index in [9.17, 15) is 5.11 Å². The third kappa shape index (κ3) is 6.18. The molecule has 0 radical (unpaired) electrons. The molecular weight excluding hydrogens is 398 g/mol. The van der Waals surface area contributed by atoms with Gasteiger partial charge < -0.3 is 15.7 Å². The van der Waals surface area contributed by atoms with Crippen LogP contribution in [0.1, 0.15) is 83.6 Å². The molecule has 4 rings (SSSR count).